The number of fused-ring (bicyclic) bond motifs is 4. The molecule has 0 unspecified atom stereocenters. The Balaban J connectivity index is 1.53. The number of hydrogen-bond donors (Lipinski definition) is 1. The van der Waals surface area contributed by atoms with E-state index in [9.17, 15) is 16.8 Å². The van der Waals surface area contributed by atoms with Crippen LogP contribution >= 0.6 is 0 Å². The second-order valence-electron chi connectivity index (χ2n) is 8.95. The van der Waals surface area contributed by atoms with Gasteiger partial charge in [-0.05, 0) is 49.7 Å². The Labute approximate surface area is 186 Å². The molecule has 1 aromatic rings. The third-order valence-corrected chi connectivity index (χ3v) is 9.62. The molecule has 1 N–H and O–H groups in total. The molecular weight excluding hydrogens is 438 g/mol. The van der Waals surface area contributed by atoms with Crippen LogP contribution in [0.15, 0.2) is 18.2 Å². The second-order valence-corrected chi connectivity index (χ2v) is 12.8. The van der Waals surface area contributed by atoms with Crippen LogP contribution in [0.4, 0.5) is 0 Å². The zero-order chi connectivity index (χ0) is 22.2. The summed E-state index contributed by atoms with van der Waals surface area (Å²) in [6.45, 7) is 2.60. The van der Waals surface area contributed by atoms with Crippen molar-refractivity contribution in [2.24, 2.45) is 5.92 Å². The molecule has 0 amide bonds. The van der Waals surface area contributed by atoms with E-state index in [-0.39, 0.29) is 30.8 Å². The molecule has 2 fully saturated rings. The fourth-order valence-corrected chi connectivity index (χ4v) is 7.92. The van der Waals surface area contributed by atoms with E-state index < -0.39 is 20.0 Å². The van der Waals surface area contributed by atoms with Gasteiger partial charge in [-0.25, -0.2) is 21.6 Å². The third kappa shape index (κ3) is 4.93. The molecule has 0 saturated carbocycles. The van der Waals surface area contributed by atoms with E-state index in [1.807, 2.05) is 12.1 Å². The third-order valence-electron chi connectivity index (χ3n) is 6.92. The van der Waals surface area contributed by atoms with Gasteiger partial charge in [0.2, 0.25) is 20.0 Å². The molecule has 0 radical (unpaired) electrons. The standard InChI is InChI=1S/C21H33N3O5S2/c1-29-20-8-3-6-16-9-12-23-15-17-7-4-11-24(18(17)14-19(23)21(16)20)31(27,28)13-5-10-22-30(2,25)26/h3,6,8,17-19,22H,4-5,7,9-15H2,1-2H3/t17-,18+,19+/m1/s1. The summed E-state index contributed by atoms with van der Waals surface area (Å²) in [5.74, 6) is 1.19. The molecule has 3 aliphatic rings. The molecule has 174 valence electrons. The lowest BCUT2D eigenvalue weighted by Crippen LogP contribution is -2.57. The molecule has 1 aromatic carbocycles. The summed E-state index contributed by atoms with van der Waals surface area (Å²) in [5.41, 5.74) is 2.52. The molecule has 31 heavy (non-hydrogen) atoms. The van der Waals surface area contributed by atoms with Gasteiger partial charge in [0.15, 0.2) is 0 Å². The van der Waals surface area contributed by atoms with Gasteiger partial charge in [0, 0.05) is 43.8 Å². The van der Waals surface area contributed by atoms with Crippen LogP contribution < -0.4 is 9.46 Å². The quantitative estimate of drug-likeness (QED) is 0.603. The summed E-state index contributed by atoms with van der Waals surface area (Å²) in [7, 11) is -5.07. The second kappa shape index (κ2) is 8.97. The van der Waals surface area contributed by atoms with Gasteiger partial charge in [-0.1, -0.05) is 12.1 Å². The number of hydrogen-bond acceptors (Lipinski definition) is 6. The topological polar surface area (TPSA) is 96.0 Å². The van der Waals surface area contributed by atoms with Crippen LogP contribution in [0, 0.1) is 5.92 Å². The number of rotatable bonds is 7. The van der Waals surface area contributed by atoms with Crippen molar-refractivity contribution in [1.82, 2.24) is 13.9 Å². The first kappa shape index (κ1) is 23.0. The van der Waals surface area contributed by atoms with E-state index in [1.165, 1.54) is 11.1 Å². The van der Waals surface area contributed by atoms with E-state index in [0.717, 1.165) is 50.8 Å². The summed E-state index contributed by atoms with van der Waals surface area (Å²) in [6, 6.07) is 6.34. The van der Waals surface area contributed by atoms with Gasteiger partial charge in [0.05, 0.1) is 19.1 Å². The molecule has 8 nitrogen and oxygen atoms in total. The lowest BCUT2D eigenvalue weighted by Gasteiger charge is -2.52. The van der Waals surface area contributed by atoms with Gasteiger partial charge in [-0.2, -0.15) is 4.31 Å². The maximum Gasteiger partial charge on any atom is 0.214 e. The smallest absolute Gasteiger partial charge is 0.214 e. The fourth-order valence-electron chi connectivity index (χ4n) is 5.58. The van der Waals surface area contributed by atoms with Crippen molar-refractivity contribution in [2.75, 3.05) is 45.3 Å². The summed E-state index contributed by atoms with van der Waals surface area (Å²) in [5, 5.41) is 0. The minimum Gasteiger partial charge on any atom is -0.496 e. The summed E-state index contributed by atoms with van der Waals surface area (Å²) < 4.78 is 58.7. The first-order valence-electron chi connectivity index (χ1n) is 11.0. The highest BCUT2D eigenvalue weighted by molar-refractivity contribution is 7.89. The van der Waals surface area contributed by atoms with Crippen molar-refractivity contribution in [3.8, 4) is 5.75 Å². The number of nitrogens with zero attached hydrogens (tertiary/aromatic N) is 2. The van der Waals surface area contributed by atoms with Crippen LogP contribution in [-0.4, -0.2) is 77.4 Å². The Morgan fingerprint density at radius 1 is 1.19 bits per heavy atom. The van der Waals surface area contributed by atoms with E-state index in [1.54, 1.807) is 11.4 Å². The van der Waals surface area contributed by atoms with E-state index in [0.29, 0.717) is 12.5 Å². The highest BCUT2D eigenvalue weighted by Gasteiger charge is 2.46. The number of benzene rings is 1. The summed E-state index contributed by atoms with van der Waals surface area (Å²) in [6.07, 6.45) is 5.06. The number of sulfonamides is 2. The molecule has 0 bridgehead atoms. The molecule has 3 atom stereocenters. The molecule has 0 spiro atoms. The van der Waals surface area contributed by atoms with Crippen LogP contribution in [-0.2, 0) is 26.5 Å². The molecule has 2 saturated heterocycles. The molecule has 0 aliphatic carbocycles. The molecule has 10 heteroatoms. The number of methoxy groups -OCH3 is 1. The van der Waals surface area contributed by atoms with Crippen molar-refractivity contribution in [3.05, 3.63) is 29.3 Å². The van der Waals surface area contributed by atoms with E-state index in [4.69, 9.17) is 4.74 Å². The van der Waals surface area contributed by atoms with Gasteiger partial charge in [0.25, 0.3) is 0 Å². The van der Waals surface area contributed by atoms with Gasteiger partial charge in [0.1, 0.15) is 5.75 Å². The van der Waals surface area contributed by atoms with Gasteiger partial charge < -0.3 is 4.74 Å². The highest BCUT2D eigenvalue weighted by Crippen LogP contribution is 2.46. The van der Waals surface area contributed by atoms with Crippen LogP contribution in [0.1, 0.15) is 42.9 Å². The highest BCUT2D eigenvalue weighted by atomic mass is 32.2. The minimum atomic E-state index is -3.45. The molecular formula is C21H33N3O5S2. The maximum absolute atomic E-state index is 13.2. The van der Waals surface area contributed by atoms with Gasteiger partial charge in [-0.3, -0.25) is 4.90 Å². The Morgan fingerprint density at radius 3 is 2.74 bits per heavy atom. The Hall–Kier alpha value is -1.20. The van der Waals surface area contributed by atoms with Gasteiger partial charge >= 0.3 is 0 Å². The largest absolute Gasteiger partial charge is 0.496 e. The van der Waals surface area contributed by atoms with Crippen LogP contribution in [0.25, 0.3) is 0 Å². The predicted octanol–water partition coefficient (Wildman–Crippen LogP) is 1.35. The number of piperidine rings is 2. The summed E-state index contributed by atoms with van der Waals surface area (Å²) in [4.78, 5) is 2.51. The van der Waals surface area contributed by atoms with E-state index in [2.05, 4.69) is 15.7 Å². The molecule has 4 rings (SSSR count). The summed E-state index contributed by atoms with van der Waals surface area (Å²) >= 11 is 0. The molecule has 3 heterocycles. The predicted molar refractivity (Wildman–Crippen MR) is 120 cm³/mol. The Bertz CT molecular complexity index is 998. The zero-order valence-electron chi connectivity index (χ0n) is 18.3. The minimum absolute atomic E-state index is 0.0151. The molecule has 0 aromatic heterocycles. The first-order chi connectivity index (χ1) is 14.7. The number of nitrogens with one attached hydrogen (secondary N) is 1. The first-order valence-corrected chi connectivity index (χ1v) is 14.5. The maximum atomic E-state index is 13.2. The van der Waals surface area contributed by atoms with Crippen LogP contribution in [0.3, 0.4) is 0 Å². The van der Waals surface area contributed by atoms with Crippen molar-refractivity contribution in [1.29, 1.82) is 0 Å². The SMILES string of the molecule is COc1cccc2c1[C@@H]1C[C@H]3[C@H](CCCN3S(=O)(=O)CCCNS(C)(=O)=O)CN1CC2. The number of ether oxygens (including phenoxy) is 1. The van der Waals surface area contributed by atoms with Crippen molar-refractivity contribution >= 4 is 20.0 Å². The Kier molecular flexibility index (Phi) is 6.65. The van der Waals surface area contributed by atoms with Crippen molar-refractivity contribution < 1.29 is 21.6 Å². The average molecular weight is 472 g/mol. The van der Waals surface area contributed by atoms with Crippen LogP contribution in [0.5, 0.6) is 5.75 Å². The zero-order valence-corrected chi connectivity index (χ0v) is 19.9. The van der Waals surface area contributed by atoms with Gasteiger partial charge in [-0.15, -0.1) is 0 Å². The molecule has 3 aliphatic heterocycles. The lowest BCUT2D eigenvalue weighted by atomic mass is 9.77. The van der Waals surface area contributed by atoms with Crippen LogP contribution in [0.2, 0.25) is 0 Å². The monoisotopic (exact) mass is 471 g/mol. The van der Waals surface area contributed by atoms with Crippen molar-refractivity contribution in [3.63, 3.8) is 0 Å². The van der Waals surface area contributed by atoms with Crippen molar-refractivity contribution in [2.45, 2.75) is 44.2 Å². The average Bonchev–Trinajstić information content (AvgIpc) is 2.73. The van der Waals surface area contributed by atoms with E-state index >= 15 is 0 Å². The normalized spacial score (nSPS) is 27.2. The fraction of sp³-hybridized carbons (Fsp3) is 0.714. The Morgan fingerprint density at radius 2 is 2.00 bits per heavy atom. The lowest BCUT2D eigenvalue weighted by molar-refractivity contribution is 0.0210.